The van der Waals surface area contributed by atoms with E-state index >= 15 is 0 Å². The Bertz CT molecular complexity index is 1390. The van der Waals surface area contributed by atoms with Crippen LogP contribution >= 0.6 is 0 Å². The summed E-state index contributed by atoms with van der Waals surface area (Å²) in [7, 11) is 0. The summed E-state index contributed by atoms with van der Waals surface area (Å²) >= 11 is 0. The number of hydrogen-bond donors (Lipinski definition) is 3. The van der Waals surface area contributed by atoms with E-state index in [9.17, 15) is 9.90 Å². The lowest BCUT2D eigenvalue weighted by atomic mass is 10.1. The van der Waals surface area contributed by atoms with Gasteiger partial charge in [0, 0.05) is 36.1 Å². The summed E-state index contributed by atoms with van der Waals surface area (Å²) in [5.41, 5.74) is 4.25. The molecular weight excluding hydrogens is 414 g/mol. The maximum absolute atomic E-state index is 12.7. The quantitative estimate of drug-likeness (QED) is 0.353. The third kappa shape index (κ3) is 4.34. The van der Waals surface area contributed by atoms with Crippen molar-refractivity contribution >= 4 is 16.9 Å². The number of fused-ring (bicyclic) bond motifs is 1. The fraction of sp³-hybridized carbons (Fsp3) is 0.115. The second-order valence-electron chi connectivity index (χ2n) is 7.88. The van der Waals surface area contributed by atoms with Crippen molar-refractivity contribution in [2.24, 2.45) is 0 Å². The van der Waals surface area contributed by atoms with Crippen LogP contribution in [-0.4, -0.2) is 37.3 Å². The molecule has 33 heavy (non-hydrogen) atoms. The molecular formula is C26H23N5O2. The highest BCUT2D eigenvalue weighted by molar-refractivity contribution is 5.96. The van der Waals surface area contributed by atoms with Crippen molar-refractivity contribution in [3.05, 3.63) is 103 Å². The predicted octanol–water partition coefficient (Wildman–Crippen LogP) is 4.35. The van der Waals surface area contributed by atoms with E-state index in [0.29, 0.717) is 13.0 Å². The molecule has 0 spiro atoms. The maximum Gasteiger partial charge on any atom is 0.255 e. The molecule has 0 aliphatic carbocycles. The minimum atomic E-state index is -0.318. The Morgan fingerprint density at radius 1 is 1.06 bits per heavy atom. The Kier molecular flexibility index (Phi) is 5.59. The van der Waals surface area contributed by atoms with Gasteiger partial charge in [-0.25, -0.2) is 4.98 Å². The van der Waals surface area contributed by atoms with Gasteiger partial charge in [0.25, 0.3) is 5.91 Å². The van der Waals surface area contributed by atoms with E-state index < -0.39 is 0 Å². The summed E-state index contributed by atoms with van der Waals surface area (Å²) in [4.78, 5) is 20.2. The number of aromatic nitrogens is 4. The molecule has 0 aliphatic rings. The number of para-hydroxylation sites is 1. The molecule has 1 unspecified atom stereocenters. The van der Waals surface area contributed by atoms with Crippen LogP contribution < -0.4 is 5.32 Å². The average molecular weight is 438 g/mol. The fourth-order valence-electron chi connectivity index (χ4n) is 4.01. The number of carbonyl (C=O) groups is 1. The van der Waals surface area contributed by atoms with Crippen molar-refractivity contribution in [3.63, 3.8) is 0 Å². The molecule has 7 heteroatoms. The number of aromatic amines is 1. The number of phenols is 1. The zero-order valence-electron chi connectivity index (χ0n) is 17.8. The summed E-state index contributed by atoms with van der Waals surface area (Å²) in [5, 5.41) is 18.6. The van der Waals surface area contributed by atoms with Crippen molar-refractivity contribution in [1.29, 1.82) is 0 Å². The van der Waals surface area contributed by atoms with Gasteiger partial charge in [-0.05, 0) is 41.8 Å². The Labute approximate surface area is 190 Å². The number of pyridine rings is 1. The molecule has 3 N–H and O–H groups in total. The summed E-state index contributed by atoms with van der Waals surface area (Å²) in [6, 6.07) is 20.5. The zero-order chi connectivity index (χ0) is 22.6. The van der Waals surface area contributed by atoms with Crippen LogP contribution in [0.2, 0.25) is 0 Å². The molecule has 2 aromatic carbocycles. The molecule has 0 bridgehead atoms. The number of nitrogens with one attached hydrogen (secondary N) is 2. The Morgan fingerprint density at radius 3 is 2.73 bits per heavy atom. The molecule has 164 valence electrons. The fourth-order valence-corrected chi connectivity index (χ4v) is 4.01. The van der Waals surface area contributed by atoms with E-state index in [0.717, 1.165) is 27.7 Å². The molecule has 3 aromatic heterocycles. The lowest BCUT2D eigenvalue weighted by Gasteiger charge is -2.19. The van der Waals surface area contributed by atoms with E-state index in [1.165, 1.54) is 6.07 Å². The van der Waals surface area contributed by atoms with E-state index in [1.54, 1.807) is 24.4 Å². The van der Waals surface area contributed by atoms with E-state index in [2.05, 4.69) is 32.5 Å². The number of H-pyrrole nitrogens is 1. The van der Waals surface area contributed by atoms with Gasteiger partial charge in [0.2, 0.25) is 0 Å². The molecule has 1 amide bonds. The first-order chi connectivity index (χ1) is 16.2. The first-order valence-electron chi connectivity index (χ1n) is 10.8. The normalized spacial score (nSPS) is 12.0. The monoisotopic (exact) mass is 437 g/mol. The molecule has 0 saturated heterocycles. The first-order valence-corrected chi connectivity index (χ1v) is 10.8. The lowest BCUT2D eigenvalue weighted by molar-refractivity contribution is 0.0944. The molecule has 5 aromatic rings. The third-order valence-electron chi connectivity index (χ3n) is 5.71. The first kappa shape index (κ1) is 20.5. The van der Waals surface area contributed by atoms with E-state index in [-0.39, 0.29) is 23.3 Å². The number of phenolic OH excluding ortho intramolecular Hbond substituents is 1. The highest BCUT2D eigenvalue weighted by atomic mass is 16.3. The second-order valence-corrected chi connectivity index (χ2v) is 7.88. The summed E-state index contributed by atoms with van der Waals surface area (Å²) in [6.07, 6.45) is 8.18. The van der Waals surface area contributed by atoms with Crippen LogP contribution in [0.3, 0.4) is 0 Å². The lowest BCUT2D eigenvalue weighted by Crippen LogP contribution is -2.32. The smallest absolute Gasteiger partial charge is 0.255 e. The number of amides is 1. The Balaban J connectivity index is 1.42. The average Bonchev–Trinajstić information content (AvgIpc) is 3.52. The van der Waals surface area contributed by atoms with Gasteiger partial charge >= 0.3 is 0 Å². The minimum absolute atomic E-state index is 0.0378. The van der Waals surface area contributed by atoms with Crippen LogP contribution in [-0.2, 0) is 6.42 Å². The Morgan fingerprint density at radius 2 is 1.88 bits per heavy atom. The highest BCUT2D eigenvalue weighted by Crippen LogP contribution is 2.27. The maximum atomic E-state index is 12.7. The summed E-state index contributed by atoms with van der Waals surface area (Å²) in [6.45, 7) is 0.360. The van der Waals surface area contributed by atoms with Gasteiger partial charge in [0.1, 0.15) is 11.4 Å². The van der Waals surface area contributed by atoms with Crippen LogP contribution in [0.5, 0.6) is 5.75 Å². The molecule has 7 nitrogen and oxygen atoms in total. The van der Waals surface area contributed by atoms with Crippen LogP contribution in [0, 0.1) is 0 Å². The van der Waals surface area contributed by atoms with Gasteiger partial charge in [-0.2, -0.15) is 5.10 Å². The van der Waals surface area contributed by atoms with Crippen molar-refractivity contribution < 1.29 is 9.90 Å². The largest absolute Gasteiger partial charge is 0.507 e. The number of rotatable bonds is 7. The minimum Gasteiger partial charge on any atom is -0.507 e. The van der Waals surface area contributed by atoms with E-state index in [4.69, 9.17) is 0 Å². The van der Waals surface area contributed by atoms with Crippen molar-refractivity contribution in [2.75, 3.05) is 6.54 Å². The van der Waals surface area contributed by atoms with Gasteiger partial charge in [0.05, 0.1) is 17.8 Å². The SMILES string of the molecule is O=C(NCC(Cc1ccccc1)n1cc(-c2ccnc3[nH]ccc23)cn1)c1ccccc1O. The number of nitrogens with zero attached hydrogens (tertiary/aromatic N) is 3. The topological polar surface area (TPSA) is 95.8 Å². The third-order valence-corrected chi connectivity index (χ3v) is 5.71. The van der Waals surface area contributed by atoms with Gasteiger partial charge in [-0.3, -0.25) is 9.48 Å². The van der Waals surface area contributed by atoms with Crippen molar-refractivity contribution in [1.82, 2.24) is 25.1 Å². The molecule has 0 radical (unpaired) electrons. The molecule has 0 saturated carbocycles. The number of carbonyl (C=O) groups excluding carboxylic acids is 1. The zero-order valence-corrected chi connectivity index (χ0v) is 17.8. The van der Waals surface area contributed by atoms with Crippen LogP contribution in [0.15, 0.2) is 91.5 Å². The second kappa shape index (κ2) is 9.00. The van der Waals surface area contributed by atoms with Gasteiger partial charge < -0.3 is 15.4 Å². The van der Waals surface area contributed by atoms with E-state index in [1.807, 2.05) is 53.6 Å². The number of hydrogen-bond acceptors (Lipinski definition) is 4. The predicted molar refractivity (Wildman–Crippen MR) is 127 cm³/mol. The summed E-state index contributed by atoms with van der Waals surface area (Å²) in [5.74, 6) is -0.356. The Hall–Kier alpha value is -4.39. The molecule has 5 rings (SSSR count). The molecule has 3 heterocycles. The van der Waals surface area contributed by atoms with Gasteiger partial charge in [0.15, 0.2) is 0 Å². The van der Waals surface area contributed by atoms with Crippen molar-refractivity contribution in [2.45, 2.75) is 12.5 Å². The molecule has 0 aliphatic heterocycles. The standard InChI is InChI=1S/C26H23N5O2/c32-24-9-5-4-8-23(24)26(33)29-16-20(14-18-6-2-1-3-7-18)31-17-19(15-30-31)21-10-12-27-25-22(21)11-13-28-25/h1-13,15,17,20,32H,14,16H2,(H,27,28)(H,29,33). The highest BCUT2D eigenvalue weighted by Gasteiger charge is 2.18. The number of benzene rings is 2. The molecule has 1 atom stereocenters. The van der Waals surface area contributed by atoms with Crippen LogP contribution in [0.4, 0.5) is 0 Å². The van der Waals surface area contributed by atoms with Crippen LogP contribution in [0.1, 0.15) is 22.0 Å². The van der Waals surface area contributed by atoms with Crippen molar-refractivity contribution in [3.8, 4) is 16.9 Å². The van der Waals surface area contributed by atoms with Gasteiger partial charge in [-0.15, -0.1) is 0 Å². The van der Waals surface area contributed by atoms with Gasteiger partial charge in [-0.1, -0.05) is 42.5 Å². The summed E-state index contributed by atoms with van der Waals surface area (Å²) < 4.78 is 1.90. The number of aromatic hydroxyl groups is 1. The van der Waals surface area contributed by atoms with Crippen LogP contribution in [0.25, 0.3) is 22.2 Å². The molecule has 0 fully saturated rings.